The highest BCUT2D eigenvalue weighted by Gasteiger charge is 2.38. The van der Waals surface area contributed by atoms with Crippen LogP contribution in [0.1, 0.15) is 28.4 Å². The van der Waals surface area contributed by atoms with Crippen LogP contribution in [0.3, 0.4) is 0 Å². The van der Waals surface area contributed by atoms with E-state index in [0.29, 0.717) is 12.1 Å². The van der Waals surface area contributed by atoms with Crippen molar-refractivity contribution in [2.75, 3.05) is 24.6 Å². The summed E-state index contributed by atoms with van der Waals surface area (Å²) in [5.74, 6) is -2.07. The third-order valence-corrected chi connectivity index (χ3v) is 4.55. The molecular weight excluding hydrogens is 398 g/mol. The van der Waals surface area contributed by atoms with Crippen molar-refractivity contribution in [3.8, 4) is 0 Å². The number of halogens is 6. The Labute approximate surface area is 154 Å². The molecular formula is C16H20F6N2O2S. The highest BCUT2D eigenvalue weighted by molar-refractivity contribution is 8.32. The van der Waals surface area contributed by atoms with E-state index >= 15 is 0 Å². The van der Waals surface area contributed by atoms with E-state index in [4.69, 9.17) is 5.73 Å². The molecule has 0 aromatic heterocycles. The second kappa shape index (κ2) is 7.61. The van der Waals surface area contributed by atoms with Crippen LogP contribution < -0.4 is 5.73 Å². The van der Waals surface area contributed by atoms with Crippen molar-refractivity contribution in [2.45, 2.75) is 25.3 Å². The molecule has 2 N–H and O–H groups in total. The van der Waals surface area contributed by atoms with Gasteiger partial charge < -0.3 is 10.6 Å². The molecule has 154 valence electrons. The number of rotatable bonds is 5. The molecule has 2 amide bonds. The Balaban J connectivity index is 3.54. The standard InChI is InChI=1S/C16H20F6N2O2S/c1-9(13(23)25)24(8-27(2,3)4)14(26)10-5-11(15(17,18)19)7-12(6-10)16(20,21)22/h5-7,9H,8H2,1-4H3,(H2,23,25). The maximum absolute atomic E-state index is 13.0. The van der Waals surface area contributed by atoms with E-state index in [1.54, 1.807) is 18.8 Å². The molecule has 11 heteroatoms. The van der Waals surface area contributed by atoms with Crippen LogP contribution in [0.5, 0.6) is 0 Å². The minimum absolute atomic E-state index is 0.0203. The lowest BCUT2D eigenvalue weighted by Gasteiger charge is -2.36. The summed E-state index contributed by atoms with van der Waals surface area (Å²) in [6.45, 7) is 1.27. The van der Waals surface area contributed by atoms with Crippen molar-refractivity contribution < 1.29 is 35.9 Å². The van der Waals surface area contributed by atoms with Crippen molar-refractivity contribution in [3.63, 3.8) is 0 Å². The van der Waals surface area contributed by atoms with Gasteiger partial charge in [-0.3, -0.25) is 9.59 Å². The Hall–Kier alpha value is -1.91. The molecule has 1 rings (SSSR count). The Bertz CT molecular complexity index is 693. The smallest absolute Gasteiger partial charge is 0.368 e. The topological polar surface area (TPSA) is 63.4 Å². The number of nitrogens with two attached hydrogens (primary N) is 1. The van der Waals surface area contributed by atoms with E-state index in [1.165, 1.54) is 6.92 Å². The second-order valence-electron chi connectivity index (χ2n) is 6.87. The lowest BCUT2D eigenvalue weighted by molar-refractivity contribution is -0.143. The third-order valence-electron chi connectivity index (χ3n) is 3.50. The molecule has 0 saturated carbocycles. The van der Waals surface area contributed by atoms with Gasteiger partial charge in [-0.05, 0) is 43.9 Å². The Morgan fingerprint density at radius 2 is 1.41 bits per heavy atom. The van der Waals surface area contributed by atoms with Crippen LogP contribution in [0.2, 0.25) is 0 Å². The van der Waals surface area contributed by atoms with Gasteiger partial charge in [0, 0.05) is 5.56 Å². The first-order chi connectivity index (χ1) is 11.9. The quantitative estimate of drug-likeness (QED) is 0.742. The first-order valence-electron chi connectivity index (χ1n) is 7.49. The van der Waals surface area contributed by atoms with E-state index < -0.39 is 56.9 Å². The predicted molar refractivity (Wildman–Crippen MR) is 91.5 cm³/mol. The fourth-order valence-electron chi connectivity index (χ4n) is 2.16. The highest BCUT2D eigenvalue weighted by Crippen LogP contribution is 2.39. The third kappa shape index (κ3) is 6.33. The molecule has 1 atom stereocenters. The van der Waals surface area contributed by atoms with Gasteiger partial charge in [-0.15, -0.1) is 0 Å². The van der Waals surface area contributed by atoms with Crippen LogP contribution in [0.4, 0.5) is 26.3 Å². The van der Waals surface area contributed by atoms with Crippen molar-refractivity contribution in [3.05, 3.63) is 34.9 Å². The maximum Gasteiger partial charge on any atom is 0.416 e. The number of primary amides is 1. The number of amides is 2. The summed E-state index contributed by atoms with van der Waals surface area (Å²) >= 11 is 0. The molecule has 0 fully saturated rings. The van der Waals surface area contributed by atoms with Crippen LogP contribution in [0.15, 0.2) is 18.2 Å². The van der Waals surface area contributed by atoms with Gasteiger partial charge in [0.1, 0.15) is 6.04 Å². The molecule has 1 aromatic carbocycles. The minimum atomic E-state index is -5.08. The van der Waals surface area contributed by atoms with Crippen molar-refractivity contribution in [1.29, 1.82) is 0 Å². The van der Waals surface area contributed by atoms with Crippen molar-refractivity contribution in [2.24, 2.45) is 5.73 Å². The number of alkyl halides is 6. The second-order valence-corrected chi connectivity index (χ2v) is 11.3. The molecule has 1 unspecified atom stereocenters. The van der Waals surface area contributed by atoms with Gasteiger partial charge in [0.15, 0.2) is 0 Å². The summed E-state index contributed by atoms with van der Waals surface area (Å²) in [7, 11) is -1.48. The summed E-state index contributed by atoms with van der Waals surface area (Å²) in [6, 6.07) is -0.576. The molecule has 0 bridgehead atoms. The summed E-state index contributed by atoms with van der Waals surface area (Å²) in [5.41, 5.74) is 1.17. The molecule has 27 heavy (non-hydrogen) atoms. The molecule has 0 radical (unpaired) electrons. The zero-order valence-corrected chi connectivity index (χ0v) is 15.9. The number of carbonyl (C=O) groups excluding carboxylic acids is 2. The van der Waals surface area contributed by atoms with Crippen LogP contribution in [0.25, 0.3) is 0 Å². The number of benzene rings is 1. The van der Waals surface area contributed by atoms with Crippen LogP contribution in [-0.2, 0) is 17.1 Å². The number of hydrogen-bond acceptors (Lipinski definition) is 2. The minimum Gasteiger partial charge on any atom is -0.368 e. The average molecular weight is 418 g/mol. The molecule has 0 spiro atoms. The van der Waals surface area contributed by atoms with E-state index in [0.717, 1.165) is 4.90 Å². The van der Waals surface area contributed by atoms with Gasteiger partial charge in [0.25, 0.3) is 5.91 Å². The fourth-order valence-corrected chi connectivity index (χ4v) is 3.34. The monoisotopic (exact) mass is 418 g/mol. The molecule has 0 saturated heterocycles. The van der Waals surface area contributed by atoms with Gasteiger partial charge in [0.2, 0.25) is 5.91 Å². The first kappa shape index (κ1) is 23.1. The van der Waals surface area contributed by atoms with Crippen molar-refractivity contribution >= 4 is 21.8 Å². The number of hydrogen-bond donors (Lipinski definition) is 1. The normalized spacial score (nSPS) is 14.6. The van der Waals surface area contributed by atoms with E-state index in [1.807, 2.05) is 0 Å². The lowest BCUT2D eigenvalue weighted by Crippen LogP contribution is -2.47. The molecule has 4 nitrogen and oxygen atoms in total. The maximum atomic E-state index is 13.0. The van der Waals surface area contributed by atoms with Gasteiger partial charge in [-0.25, -0.2) is 10.0 Å². The first-order valence-corrected chi connectivity index (χ1v) is 10.5. The van der Waals surface area contributed by atoms with Gasteiger partial charge in [-0.1, -0.05) is 0 Å². The van der Waals surface area contributed by atoms with Crippen LogP contribution >= 0.6 is 10.0 Å². The van der Waals surface area contributed by atoms with E-state index in [2.05, 4.69) is 0 Å². The fraction of sp³-hybridized carbons (Fsp3) is 0.500. The Morgan fingerprint density at radius 1 is 1.00 bits per heavy atom. The zero-order chi connectivity index (χ0) is 21.4. The zero-order valence-electron chi connectivity index (χ0n) is 15.0. The average Bonchev–Trinajstić information content (AvgIpc) is 2.48. The molecule has 0 aliphatic heterocycles. The Kier molecular flexibility index (Phi) is 6.52. The summed E-state index contributed by atoms with van der Waals surface area (Å²) in [6.07, 6.45) is -4.84. The number of carbonyl (C=O) groups is 2. The largest absolute Gasteiger partial charge is 0.416 e. The van der Waals surface area contributed by atoms with Crippen LogP contribution in [-0.4, -0.2) is 47.4 Å². The Morgan fingerprint density at radius 3 is 1.70 bits per heavy atom. The summed E-state index contributed by atoms with van der Waals surface area (Å²) < 4.78 is 78.0. The van der Waals surface area contributed by atoms with E-state index in [9.17, 15) is 35.9 Å². The van der Waals surface area contributed by atoms with Gasteiger partial charge >= 0.3 is 12.4 Å². The van der Waals surface area contributed by atoms with Crippen molar-refractivity contribution in [1.82, 2.24) is 4.90 Å². The summed E-state index contributed by atoms with van der Waals surface area (Å²) in [4.78, 5) is 25.1. The van der Waals surface area contributed by atoms with E-state index in [-0.39, 0.29) is 11.9 Å². The van der Waals surface area contributed by atoms with Crippen LogP contribution in [0, 0.1) is 0 Å². The molecule has 0 aliphatic rings. The van der Waals surface area contributed by atoms with Gasteiger partial charge in [-0.2, -0.15) is 26.3 Å². The lowest BCUT2D eigenvalue weighted by atomic mass is 10.0. The highest BCUT2D eigenvalue weighted by atomic mass is 32.3. The molecule has 0 heterocycles. The van der Waals surface area contributed by atoms with Gasteiger partial charge in [0.05, 0.1) is 17.0 Å². The predicted octanol–water partition coefficient (Wildman–Crippen LogP) is 3.69. The number of nitrogens with zero attached hydrogens (tertiary/aromatic N) is 1. The molecule has 0 aliphatic carbocycles. The molecule has 1 aromatic rings. The SMILES string of the molecule is CC(C(N)=O)N(CS(C)(C)C)C(=O)c1cc(C(F)(F)F)cc(C(F)(F)F)c1. The summed E-state index contributed by atoms with van der Waals surface area (Å²) in [5, 5.41) is 0.